The molecule has 0 aromatic carbocycles. The van der Waals surface area contributed by atoms with Gasteiger partial charge in [-0.2, -0.15) is 0 Å². The topological polar surface area (TPSA) is 63.2 Å². The summed E-state index contributed by atoms with van der Waals surface area (Å²) in [5.74, 6) is -0.282. The Morgan fingerprint density at radius 2 is 1.50 bits per heavy atom. The van der Waals surface area contributed by atoms with Crippen molar-refractivity contribution in [1.29, 1.82) is 0 Å². The Morgan fingerprint density at radius 1 is 0.944 bits per heavy atom. The van der Waals surface area contributed by atoms with Crippen molar-refractivity contribution in [3.8, 4) is 0 Å². The molecule has 110 valence electrons. The third kappa shape index (κ3) is 17.7. The highest BCUT2D eigenvalue weighted by atomic mass is 16.6. The Morgan fingerprint density at radius 3 is 1.83 bits per heavy atom. The van der Waals surface area contributed by atoms with Gasteiger partial charge in [0.1, 0.15) is 12.9 Å². The zero-order valence-electron chi connectivity index (χ0n) is 12.2. The predicted molar refractivity (Wildman–Crippen MR) is 67.4 cm³/mol. The summed E-state index contributed by atoms with van der Waals surface area (Å²) >= 11 is 0. The minimum atomic E-state index is -0.282. The SMILES string of the molecule is COCC(C)OCC(C)OC(C)=O.COCOC. The summed E-state index contributed by atoms with van der Waals surface area (Å²) in [7, 11) is 4.79. The molecule has 0 aromatic heterocycles. The normalized spacial score (nSPS) is 13.2. The first-order valence-corrected chi connectivity index (χ1v) is 5.73. The van der Waals surface area contributed by atoms with Crippen LogP contribution in [0, 0.1) is 0 Å². The van der Waals surface area contributed by atoms with Gasteiger partial charge in [0.05, 0.1) is 19.3 Å². The molecular formula is C12H26O6. The van der Waals surface area contributed by atoms with E-state index < -0.39 is 0 Å². The van der Waals surface area contributed by atoms with E-state index in [1.54, 1.807) is 28.3 Å². The molecule has 0 saturated heterocycles. The third-order valence-corrected chi connectivity index (χ3v) is 1.62. The van der Waals surface area contributed by atoms with Gasteiger partial charge >= 0.3 is 5.97 Å². The van der Waals surface area contributed by atoms with Crippen LogP contribution in [0.25, 0.3) is 0 Å². The highest BCUT2D eigenvalue weighted by Gasteiger charge is 2.08. The summed E-state index contributed by atoms with van der Waals surface area (Å²) in [6.45, 7) is 6.43. The molecule has 18 heavy (non-hydrogen) atoms. The van der Waals surface area contributed by atoms with Crippen LogP contribution in [-0.2, 0) is 28.5 Å². The molecule has 6 heteroatoms. The average Bonchev–Trinajstić information content (AvgIpc) is 2.28. The predicted octanol–water partition coefficient (Wildman–Crippen LogP) is 1.23. The molecular weight excluding hydrogens is 240 g/mol. The fourth-order valence-corrected chi connectivity index (χ4v) is 1.02. The lowest BCUT2D eigenvalue weighted by Crippen LogP contribution is -2.24. The zero-order valence-corrected chi connectivity index (χ0v) is 12.2. The Balaban J connectivity index is 0. The van der Waals surface area contributed by atoms with Crippen molar-refractivity contribution in [1.82, 2.24) is 0 Å². The average molecular weight is 266 g/mol. The van der Waals surface area contributed by atoms with Crippen LogP contribution in [0.15, 0.2) is 0 Å². The first-order valence-electron chi connectivity index (χ1n) is 5.73. The number of ether oxygens (including phenoxy) is 5. The van der Waals surface area contributed by atoms with Crippen LogP contribution in [0.4, 0.5) is 0 Å². The molecule has 2 atom stereocenters. The van der Waals surface area contributed by atoms with Crippen LogP contribution in [0.3, 0.4) is 0 Å². The maximum Gasteiger partial charge on any atom is 0.302 e. The summed E-state index contributed by atoms with van der Waals surface area (Å²) in [4.78, 5) is 10.5. The molecule has 0 aromatic rings. The summed E-state index contributed by atoms with van der Waals surface area (Å²) < 4.78 is 24.0. The molecule has 0 amide bonds. The summed E-state index contributed by atoms with van der Waals surface area (Å²) in [6, 6.07) is 0. The second kappa shape index (κ2) is 14.4. The van der Waals surface area contributed by atoms with Crippen molar-refractivity contribution in [2.75, 3.05) is 41.3 Å². The number of esters is 1. The smallest absolute Gasteiger partial charge is 0.302 e. The minimum Gasteiger partial charge on any atom is -0.460 e. The quantitative estimate of drug-likeness (QED) is 0.486. The van der Waals surface area contributed by atoms with Crippen LogP contribution in [0.1, 0.15) is 20.8 Å². The third-order valence-electron chi connectivity index (χ3n) is 1.62. The highest BCUT2D eigenvalue weighted by molar-refractivity contribution is 5.66. The molecule has 2 unspecified atom stereocenters. The maximum absolute atomic E-state index is 10.5. The number of methoxy groups -OCH3 is 3. The first-order chi connectivity index (χ1) is 8.47. The first kappa shape index (κ1) is 19.6. The zero-order chi connectivity index (χ0) is 14.4. The summed E-state index contributed by atoms with van der Waals surface area (Å²) in [5, 5.41) is 0. The van der Waals surface area contributed by atoms with Crippen molar-refractivity contribution in [2.24, 2.45) is 0 Å². The van der Waals surface area contributed by atoms with Crippen LogP contribution < -0.4 is 0 Å². The monoisotopic (exact) mass is 266 g/mol. The molecule has 0 spiro atoms. The largest absolute Gasteiger partial charge is 0.460 e. The summed E-state index contributed by atoms with van der Waals surface area (Å²) in [6.07, 6.45) is -0.167. The standard InChI is InChI=1S/C9H18O4.C3H8O2/c1-7(5-11-4)12-6-8(2)13-9(3)10;1-4-3-5-2/h7-8H,5-6H2,1-4H3;3H2,1-2H3. The maximum atomic E-state index is 10.5. The molecule has 0 bridgehead atoms. The van der Waals surface area contributed by atoms with Crippen LogP contribution in [0.2, 0.25) is 0 Å². The number of carbonyl (C=O) groups excluding carboxylic acids is 1. The van der Waals surface area contributed by atoms with E-state index in [0.717, 1.165) is 0 Å². The van der Waals surface area contributed by atoms with Gasteiger partial charge in [0, 0.05) is 28.3 Å². The number of rotatable bonds is 8. The van der Waals surface area contributed by atoms with E-state index in [0.29, 0.717) is 20.0 Å². The molecule has 0 N–H and O–H groups in total. The number of hydrogen-bond acceptors (Lipinski definition) is 6. The van der Waals surface area contributed by atoms with Crippen molar-refractivity contribution in [3.05, 3.63) is 0 Å². The van der Waals surface area contributed by atoms with E-state index >= 15 is 0 Å². The van der Waals surface area contributed by atoms with Crippen LogP contribution in [-0.4, -0.2) is 59.5 Å². The molecule has 0 aliphatic carbocycles. The highest BCUT2D eigenvalue weighted by Crippen LogP contribution is 1.97. The molecule has 0 aliphatic rings. The van der Waals surface area contributed by atoms with E-state index in [9.17, 15) is 4.79 Å². The minimum absolute atomic E-state index is 0.0306. The number of hydrogen-bond donors (Lipinski definition) is 0. The lowest BCUT2D eigenvalue weighted by molar-refractivity contribution is -0.149. The van der Waals surface area contributed by atoms with Gasteiger partial charge in [-0.05, 0) is 13.8 Å². The Hall–Kier alpha value is -0.690. The molecule has 0 rings (SSSR count). The Bertz CT molecular complexity index is 183. The lowest BCUT2D eigenvalue weighted by Gasteiger charge is -2.16. The fraction of sp³-hybridized carbons (Fsp3) is 0.917. The molecule has 0 fully saturated rings. The van der Waals surface area contributed by atoms with Gasteiger partial charge in [0.2, 0.25) is 0 Å². The van der Waals surface area contributed by atoms with Gasteiger partial charge in [0.25, 0.3) is 0 Å². The molecule has 0 radical (unpaired) electrons. The van der Waals surface area contributed by atoms with Crippen LogP contribution in [0.5, 0.6) is 0 Å². The van der Waals surface area contributed by atoms with Gasteiger partial charge in [-0.1, -0.05) is 0 Å². The van der Waals surface area contributed by atoms with Gasteiger partial charge in [-0.25, -0.2) is 0 Å². The van der Waals surface area contributed by atoms with E-state index in [1.165, 1.54) is 6.92 Å². The van der Waals surface area contributed by atoms with Crippen molar-refractivity contribution in [2.45, 2.75) is 33.0 Å². The van der Waals surface area contributed by atoms with Gasteiger partial charge < -0.3 is 23.7 Å². The molecule has 0 heterocycles. The van der Waals surface area contributed by atoms with Crippen molar-refractivity contribution < 1.29 is 28.5 Å². The molecule has 6 nitrogen and oxygen atoms in total. The second-order valence-electron chi connectivity index (χ2n) is 3.71. The van der Waals surface area contributed by atoms with E-state index in [4.69, 9.17) is 14.2 Å². The van der Waals surface area contributed by atoms with Gasteiger partial charge in [-0.3, -0.25) is 4.79 Å². The van der Waals surface area contributed by atoms with E-state index in [1.807, 2.05) is 6.92 Å². The number of carbonyl (C=O) groups is 1. The summed E-state index contributed by atoms with van der Waals surface area (Å²) in [5.41, 5.74) is 0. The molecule has 0 saturated carbocycles. The molecule has 0 aliphatic heterocycles. The van der Waals surface area contributed by atoms with E-state index in [-0.39, 0.29) is 18.2 Å². The van der Waals surface area contributed by atoms with Gasteiger partial charge in [0.15, 0.2) is 0 Å². The van der Waals surface area contributed by atoms with Gasteiger partial charge in [-0.15, -0.1) is 0 Å². The lowest BCUT2D eigenvalue weighted by atomic mass is 10.4. The van der Waals surface area contributed by atoms with E-state index in [2.05, 4.69) is 9.47 Å². The van der Waals surface area contributed by atoms with Crippen LogP contribution >= 0.6 is 0 Å². The fourth-order valence-electron chi connectivity index (χ4n) is 1.02. The van der Waals surface area contributed by atoms with Crippen molar-refractivity contribution in [3.63, 3.8) is 0 Å². The Kier molecular flexibility index (Phi) is 15.7. The van der Waals surface area contributed by atoms with Crippen molar-refractivity contribution >= 4 is 5.97 Å². The second-order valence-corrected chi connectivity index (χ2v) is 3.71. The Labute approximate surface area is 109 Å².